The number of carboxylic acids is 5. The number of nitrogens with one attached hydrogen (secondary N) is 7. The van der Waals surface area contributed by atoms with Gasteiger partial charge in [-0.3, -0.25) is 62.5 Å². The van der Waals surface area contributed by atoms with Crippen LogP contribution in [0.2, 0.25) is 0 Å². The van der Waals surface area contributed by atoms with Crippen molar-refractivity contribution in [2.45, 2.75) is 94.7 Å². The Morgan fingerprint density at radius 1 is 0.714 bits per heavy atom. The smallest absolute Gasteiger partial charge is 0.323 e. The average molecular weight is 1340 g/mol. The van der Waals surface area contributed by atoms with Gasteiger partial charge in [0.25, 0.3) is 10.1 Å². The molecule has 2 aliphatic heterocycles. The van der Waals surface area contributed by atoms with Crippen molar-refractivity contribution < 1.29 is 90.0 Å². The van der Waals surface area contributed by atoms with Crippen molar-refractivity contribution in [3.63, 3.8) is 0 Å². The third kappa shape index (κ3) is 27.3. The Bertz CT molecular complexity index is 3250. The molecule has 0 aliphatic carbocycles. The molecule has 3 atom stereocenters. The molecule has 1 unspecified atom stereocenters. The van der Waals surface area contributed by atoms with Crippen molar-refractivity contribution in [1.29, 1.82) is 0 Å². The SMILES string of the molecule is Cc1cc(OCCCC(=O)NCCNC(=O)[C@H](CS(=O)(=O)O)NC(=S)Nc2ccc(CC3CN(CC(=O)O)CCN(CC(=O)O)CCN(CC(=O)O)CCN3CC(=O)O)cc2)cc(C)c1S(=O)(=O)N[C@@H](CNC(=O)CCCCc1ccc2c(n1)NCCC2)C(=O)O. The average Bonchev–Trinajstić information content (AvgIpc) is 0.968. The number of sulfonamides is 1. The predicted molar refractivity (Wildman–Crippen MR) is 335 cm³/mol. The molecule has 91 heavy (non-hydrogen) atoms. The van der Waals surface area contributed by atoms with Gasteiger partial charge in [0.15, 0.2) is 5.11 Å². The van der Waals surface area contributed by atoms with E-state index in [-0.39, 0.29) is 125 Å². The highest BCUT2D eigenvalue weighted by Gasteiger charge is 2.31. The summed E-state index contributed by atoms with van der Waals surface area (Å²) in [6.07, 6.45) is 4.31. The summed E-state index contributed by atoms with van der Waals surface area (Å²) in [6.45, 7) is 2.19. The Hall–Kier alpha value is -7.70. The lowest BCUT2D eigenvalue weighted by atomic mass is 10.0. The van der Waals surface area contributed by atoms with E-state index >= 15 is 0 Å². The van der Waals surface area contributed by atoms with Gasteiger partial charge in [0.05, 0.1) is 37.7 Å². The quantitative estimate of drug-likeness (QED) is 0.0202. The molecule has 13 N–H and O–H groups in total. The first-order valence-electron chi connectivity index (χ1n) is 29.4. The number of unbranched alkanes of at least 4 members (excludes halogenated alkanes) is 1. The molecule has 0 saturated carbocycles. The Labute approximate surface area is 532 Å². The number of aromatic nitrogens is 1. The Balaban J connectivity index is 1.06. The van der Waals surface area contributed by atoms with Crippen LogP contribution >= 0.6 is 12.2 Å². The number of rotatable bonds is 34. The molecule has 1 saturated heterocycles. The highest BCUT2D eigenvalue weighted by atomic mass is 32.2. The van der Waals surface area contributed by atoms with Crippen LogP contribution in [0.25, 0.3) is 0 Å². The molecule has 31 nitrogen and oxygen atoms in total. The number of ether oxygens (including phenoxy) is 1. The van der Waals surface area contributed by atoms with Crippen molar-refractivity contribution in [1.82, 2.24) is 50.6 Å². The Morgan fingerprint density at radius 3 is 1.91 bits per heavy atom. The number of hydrogen-bond acceptors (Lipinski definition) is 20. The number of carboxylic acid groups (broad SMARTS) is 5. The summed E-state index contributed by atoms with van der Waals surface area (Å²) < 4.78 is 68.7. The lowest BCUT2D eigenvalue weighted by molar-refractivity contribution is -0.142. The lowest BCUT2D eigenvalue weighted by Gasteiger charge is -2.37. The number of pyridine rings is 1. The fraction of sp³-hybridized carbons (Fsp3) is 0.544. The van der Waals surface area contributed by atoms with Crippen LogP contribution in [-0.4, -0.2) is 253 Å². The number of thiocarbonyl (C=S) groups is 1. The molecule has 0 spiro atoms. The summed E-state index contributed by atoms with van der Waals surface area (Å²) in [4.78, 5) is 109. The molecule has 2 aliphatic rings. The van der Waals surface area contributed by atoms with Crippen LogP contribution in [0.1, 0.15) is 66.5 Å². The van der Waals surface area contributed by atoms with E-state index in [1.165, 1.54) is 31.5 Å². The number of aryl methyl sites for hydroxylation is 4. The van der Waals surface area contributed by atoms with Crippen molar-refractivity contribution in [3.8, 4) is 5.75 Å². The van der Waals surface area contributed by atoms with Gasteiger partial charge < -0.3 is 62.2 Å². The largest absolute Gasteiger partial charge is 0.494 e. The fourth-order valence-electron chi connectivity index (χ4n) is 10.3. The number of carbonyl (C=O) groups is 8. The number of carbonyl (C=O) groups excluding carboxylic acids is 3. The van der Waals surface area contributed by atoms with E-state index in [1.807, 2.05) is 6.07 Å². The summed E-state index contributed by atoms with van der Waals surface area (Å²) >= 11 is 5.38. The summed E-state index contributed by atoms with van der Waals surface area (Å²) in [5, 5.41) is 64.8. The molecule has 2 aromatic carbocycles. The second-order valence-electron chi connectivity index (χ2n) is 22.1. The third-order valence-corrected chi connectivity index (χ3v) is 17.4. The first kappa shape index (κ1) is 74.0. The molecular weight excluding hydrogens is 1250 g/mol. The number of anilines is 2. The first-order valence-corrected chi connectivity index (χ1v) is 32.9. The molecule has 5 rings (SSSR count). The lowest BCUT2D eigenvalue weighted by Crippen LogP contribution is -2.53. The maximum absolute atomic E-state index is 13.5. The molecule has 1 aromatic heterocycles. The van der Waals surface area contributed by atoms with Gasteiger partial charge in [0.1, 0.15) is 29.4 Å². The minimum absolute atomic E-state index is 0.0252. The summed E-state index contributed by atoms with van der Waals surface area (Å²) in [7, 11) is -9.17. The molecular formula is C57H82N12O19S3. The van der Waals surface area contributed by atoms with Crippen LogP contribution in [0.4, 0.5) is 11.5 Å². The minimum Gasteiger partial charge on any atom is -0.494 e. The highest BCUT2D eigenvalue weighted by molar-refractivity contribution is 7.89. The molecule has 1 fully saturated rings. The standard InChI is InChI=1S/C57H82N12O19S3/c1-37-27-44(28-38(2)53(37)91(86,87)65-45(56(81)82)30-61-48(71)9-4-3-8-41-16-13-40-7-5-17-59-54(40)62-41)88-26-6-10-47(70)58-18-19-60-55(80)46(36-90(83,84)85)64-57(89)63-42-14-11-39(12-15-42)29-43-31-68(34-51(76)77)23-22-66(32-49(72)73)20-21-67(33-50(74)75)24-25-69(43)35-52(78)79/h11-16,27-28,43,45-46,65H,3-10,17-26,29-36H2,1-2H3,(H,58,70)(H,59,62)(H,60,80)(H,61,71)(H,72,73)(H,74,75)(H,76,77)(H,78,79)(H,81,82)(H2,63,64,89)(H,83,84,85)/t43?,45-,46-/m0/s1. The predicted octanol–water partition coefficient (Wildman–Crippen LogP) is -0.577. The molecule has 3 heterocycles. The van der Waals surface area contributed by atoms with Crippen LogP contribution < -0.4 is 41.4 Å². The number of benzene rings is 2. The number of aliphatic carboxylic acids is 5. The zero-order valence-corrected chi connectivity index (χ0v) is 53.1. The van der Waals surface area contributed by atoms with Crippen molar-refractivity contribution in [2.24, 2.45) is 0 Å². The zero-order chi connectivity index (χ0) is 66.8. The van der Waals surface area contributed by atoms with Gasteiger partial charge in [-0.1, -0.05) is 18.2 Å². The Kier molecular flexibility index (Phi) is 29.6. The van der Waals surface area contributed by atoms with Gasteiger partial charge in [-0.2, -0.15) is 13.1 Å². The number of fused-ring (bicyclic) bond motifs is 1. The molecule has 34 heteroatoms. The molecule has 3 amide bonds. The van der Waals surface area contributed by atoms with Gasteiger partial charge in [0, 0.05) is 102 Å². The van der Waals surface area contributed by atoms with Crippen molar-refractivity contribution >= 4 is 96.5 Å². The molecule has 0 bridgehead atoms. The van der Waals surface area contributed by atoms with E-state index in [1.54, 1.807) is 43.9 Å². The van der Waals surface area contributed by atoms with E-state index in [2.05, 4.69) is 47.7 Å². The highest BCUT2D eigenvalue weighted by Crippen LogP contribution is 2.27. The molecule has 0 radical (unpaired) electrons. The first-order chi connectivity index (χ1) is 43.0. The van der Waals surface area contributed by atoms with Crippen LogP contribution in [-0.2, 0) is 77.8 Å². The van der Waals surface area contributed by atoms with Gasteiger partial charge in [0.2, 0.25) is 27.7 Å². The Morgan fingerprint density at radius 2 is 1.30 bits per heavy atom. The van der Waals surface area contributed by atoms with Gasteiger partial charge >= 0.3 is 29.8 Å². The number of hydrogen-bond donors (Lipinski definition) is 13. The monoisotopic (exact) mass is 1330 g/mol. The van der Waals surface area contributed by atoms with Crippen molar-refractivity contribution in [2.75, 3.05) is 121 Å². The van der Waals surface area contributed by atoms with Gasteiger partial charge in [-0.15, -0.1) is 0 Å². The van der Waals surface area contributed by atoms with E-state index in [0.29, 0.717) is 30.5 Å². The van der Waals surface area contributed by atoms with Crippen LogP contribution in [0.5, 0.6) is 5.75 Å². The normalized spacial score (nSPS) is 16.2. The summed E-state index contributed by atoms with van der Waals surface area (Å²) in [5.74, 6) is -7.80. The molecule has 3 aromatic rings. The topological polar surface area (TPSA) is 446 Å². The summed E-state index contributed by atoms with van der Waals surface area (Å²) in [6, 6.07) is 9.48. The summed E-state index contributed by atoms with van der Waals surface area (Å²) in [5.41, 5.74) is 3.56. The van der Waals surface area contributed by atoms with Gasteiger partial charge in [-0.25, -0.2) is 13.4 Å². The van der Waals surface area contributed by atoms with Crippen molar-refractivity contribution in [3.05, 3.63) is 76.5 Å². The van der Waals surface area contributed by atoms with Crippen LogP contribution in [0, 0.1) is 13.8 Å². The van der Waals surface area contributed by atoms with E-state index in [0.717, 1.165) is 30.9 Å². The van der Waals surface area contributed by atoms with E-state index in [9.17, 15) is 85.3 Å². The van der Waals surface area contributed by atoms with Gasteiger partial charge in [-0.05, 0) is 124 Å². The second kappa shape index (κ2) is 36.4. The maximum atomic E-state index is 13.5. The van der Waals surface area contributed by atoms with Crippen LogP contribution in [0.15, 0.2) is 53.4 Å². The third-order valence-electron chi connectivity index (χ3n) is 14.7. The number of amides is 3. The molecule has 502 valence electrons. The zero-order valence-electron chi connectivity index (χ0n) is 50.7. The maximum Gasteiger partial charge on any atom is 0.323 e. The second-order valence-corrected chi connectivity index (χ2v) is 25.7. The van der Waals surface area contributed by atoms with E-state index < -0.39 is 118 Å². The number of nitrogens with zero attached hydrogens (tertiary/aromatic N) is 5. The van der Waals surface area contributed by atoms with Crippen LogP contribution in [0.3, 0.4) is 0 Å². The van der Waals surface area contributed by atoms with E-state index in [4.69, 9.17) is 17.0 Å². The minimum atomic E-state index is -4.76. The fourth-order valence-corrected chi connectivity index (χ4v) is 12.9.